The van der Waals surface area contributed by atoms with E-state index in [2.05, 4.69) is 4.90 Å². The van der Waals surface area contributed by atoms with Crippen molar-refractivity contribution in [2.45, 2.75) is 19.5 Å². The fraction of sp³-hybridized carbons (Fsp3) is 0.182. The van der Waals surface area contributed by atoms with E-state index in [4.69, 9.17) is 0 Å². The number of alkyl halides is 1. The second kappa shape index (κ2) is 6.87. The molecule has 0 bridgehead atoms. The van der Waals surface area contributed by atoms with Crippen LogP contribution in [0.3, 0.4) is 0 Å². The molecule has 132 valence electrons. The third kappa shape index (κ3) is 3.07. The molecule has 1 nitrogen and oxygen atoms in total. The molecule has 0 aromatic heterocycles. The van der Waals surface area contributed by atoms with Gasteiger partial charge < -0.3 is 4.90 Å². The Morgan fingerprint density at radius 1 is 0.923 bits per heavy atom. The van der Waals surface area contributed by atoms with Crippen molar-refractivity contribution in [3.8, 4) is 11.1 Å². The first-order valence-corrected chi connectivity index (χ1v) is 8.66. The van der Waals surface area contributed by atoms with Crippen LogP contribution in [0.5, 0.6) is 0 Å². The van der Waals surface area contributed by atoms with E-state index in [1.54, 1.807) is 6.07 Å². The van der Waals surface area contributed by atoms with Crippen molar-refractivity contribution in [1.29, 1.82) is 0 Å². The quantitative estimate of drug-likeness (QED) is 0.543. The SMILES string of the molecule is FCc1cccc(N2CCCc3ccc(-c4cc(F)ccc4F)cc32)c1. The zero-order chi connectivity index (χ0) is 18.1. The van der Waals surface area contributed by atoms with Crippen LogP contribution in [0, 0.1) is 11.6 Å². The molecular formula is C22H18F3N. The first-order chi connectivity index (χ1) is 12.7. The van der Waals surface area contributed by atoms with Gasteiger partial charge in [0.2, 0.25) is 0 Å². The van der Waals surface area contributed by atoms with Gasteiger partial charge >= 0.3 is 0 Å². The normalized spacial score (nSPS) is 13.6. The molecule has 4 rings (SSSR count). The zero-order valence-electron chi connectivity index (χ0n) is 14.2. The Morgan fingerprint density at radius 3 is 2.65 bits per heavy atom. The monoisotopic (exact) mass is 353 g/mol. The lowest BCUT2D eigenvalue weighted by molar-refractivity contribution is 0.485. The minimum absolute atomic E-state index is 0.246. The van der Waals surface area contributed by atoms with E-state index in [1.807, 2.05) is 36.4 Å². The Labute approximate surface area is 150 Å². The van der Waals surface area contributed by atoms with Crippen molar-refractivity contribution >= 4 is 11.4 Å². The smallest absolute Gasteiger partial charge is 0.131 e. The lowest BCUT2D eigenvalue weighted by Crippen LogP contribution is -2.24. The van der Waals surface area contributed by atoms with E-state index in [-0.39, 0.29) is 5.56 Å². The molecule has 0 atom stereocenters. The van der Waals surface area contributed by atoms with E-state index in [0.29, 0.717) is 11.1 Å². The number of hydrogen-bond acceptors (Lipinski definition) is 1. The van der Waals surface area contributed by atoms with Crippen molar-refractivity contribution in [3.05, 3.63) is 83.4 Å². The summed E-state index contributed by atoms with van der Waals surface area (Å²) in [5.41, 5.74) is 4.54. The Balaban J connectivity index is 1.81. The average Bonchev–Trinajstić information content (AvgIpc) is 2.69. The minimum Gasteiger partial charge on any atom is -0.341 e. The van der Waals surface area contributed by atoms with Gasteiger partial charge in [0.25, 0.3) is 0 Å². The van der Waals surface area contributed by atoms with E-state index < -0.39 is 18.3 Å². The lowest BCUT2D eigenvalue weighted by atomic mass is 9.96. The summed E-state index contributed by atoms with van der Waals surface area (Å²) in [5, 5.41) is 0. The van der Waals surface area contributed by atoms with Crippen LogP contribution in [0.25, 0.3) is 11.1 Å². The van der Waals surface area contributed by atoms with Crippen molar-refractivity contribution < 1.29 is 13.2 Å². The summed E-state index contributed by atoms with van der Waals surface area (Å²) in [6, 6.07) is 16.6. The highest BCUT2D eigenvalue weighted by atomic mass is 19.1. The highest BCUT2D eigenvalue weighted by molar-refractivity contribution is 5.76. The molecular weight excluding hydrogens is 335 g/mol. The molecule has 0 spiro atoms. The molecule has 0 N–H and O–H groups in total. The number of rotatable bonds is 3. The highest BCUT2D eigenvalue weighted by Gasteiger charge is 2.20. The van der Waals surface area contributed by atoms with Crippen molar-refractivity contribution in [1.82, 2.24) is 0 Å². The number of aryl methyl sites for hydroxylation is 1. The molecule has 1 aliphatic rings. The second-order valence-electron chi connectivity index (χ2n) is 6.53. The molecule has 0 radical (unpaired) electrons. The average molecular weight is 353 g/mol. The van der Waals surface area contributed by atoms with Crippen LogP contribution in [-0.4, -0.2) is 6.54 Å². The van der Waals surface area contributed by atoms with E-state index in [1.165, 1.54) is 6.07 Å². The first kappa shape index (κ1) is 16.7. The van der Waals surface area contributed by atoms with Crippen LogP contribution < -0.4 is 4.90 Å². The maximum atomic E-state index is 14.2. The number of hydrogen-bond donors (Lipinski definition) is 0. The molecule has 4 heteroatoms. The first-order valence-electron chi connectivity index (χ1n) is 8.66. The van der Waals surface area contributed by atoms with Crippen LogP contribution in [0.1, 0.15) is 17.5 Å². The molecule has 3 aromatic carbocycles. The van der Waals surface area contributed by atoms with Crippen LogP contribution in [0.15, 0.2) is 60.7 Å². The molecule has 3 aromatic rings. The molecule has 0 saturated heterocycles. The Hall–Kier alpha value is -2.75. The zero-order valence-corrected chi connectivity index (χ0v) is 14.2. The van der Waals surface area contributed by atoms with E-state index in [9.17, 15) is 13.2 Å². The summed E-state index contributed by atoms with van der Waals surface area (Å²) in [4.78, 5) is 2.12. The molecule has 26 heavy (non-hydrogen) atoms. The van der Waals surface area contributed by atoms with Gasteiger partial charge in [0.1, 0.15) is 18.3 Å². The number of nitrogens with zero attached hydrogens (tertiary/aromatic N) is 1. The van der Waals surface area contributed by atoms with Gasteiger partial charge in [-0.15, -0.1) is 0 Å². The van der Waals surface area contributed by atoms with Gasteiger partial charge in [-0.2, -0.15) is 0 Å². The summed E-state index contributed by atoms with van der Waals surface area (Å²) in [6.45, 7) is 0.293. The maximum absolute atomic E-state index is 14.2. The van der Waals surface area contributed by atoms with Gasteiger partial charge in [-0.25, -0.2) is 13.2 Å². The fourth-order valence-electron chi connectivity index (χ4n) is 3.54. The summed E-state index contributed by atoms with van der Waals surface area (Å²) < 4.78 is 40.8. The molecule has 0 saturated carbocycles. The Bertz CT molecular complexity index is 952. The van der Waals surface area contributed by atoms with Gasteiger partial charge in [-0.05, 0) is 65.9 Å². The Morgan fingerprint density at radius 2 is 1.81 bits per heavy atom. The Kier molecular flexibility index (Phi) is 4.41. The van der Waals surface area contributed by atoms with Crippen LogP contribution in [0.2, 0.25) is 0 Å². The lowest BCUT2D eigenvalue weighted by Gasteiger charge is -2.32. The van der Waals surface area contributed by atoms with Crippen LogP contribution >= 0.6 is 0 Å². The number of fused-ring (bicyclic) bond motifs is 1. The van der Waals surface area contributed by atoms with E-state index >= 15 is 0 Å². The maximum Gasteiger partial charge on any atom is 0.131 e. The van der Waals surface area contributed by atoms with Crippen LogP contribution in [-0.2, 0) is 13.1 Å². The molecule has 0 unspecified atom stereocenters. The van der Waals surface area contributed by atoms with Crippen molar-refractivity contribution in [2.24, 2.45) is 0 Å². The third-order valence-corrected chi connectivity index (χ3v) is 4.82. The largest absolute Gasteiger partial charge is 0.341 e. The summed E-state index contributed by atoms with van der Waals surface area (Å²) >= 11 is 0. The predicted molar refractivity (Wildman–Crippen MR) is 98.4 cm³/mol. The van der Waals surface area contributed by atoms with Gasteiger partial charge in [0.15, 0.2) is 0 Å². The molecule has 1 aliphatic heterocycles. The third-order valence-electron chi connectivity index (χ3n) is 4.82. The summed E-state index contributed by atoms with van der Waals surface area (Å²) in [7, 11) is 0. The van der Waals surface area contributed by atoms with Gasteiger partial charge in [-0.1, -0.05) is 24.3 Å². The molecule has 0 aliphatic carbocycles. The topological polar surface area (TPSA) is 3.24 Å². The van der Waals surface area contributed by atoms with Crippen LogP contribution in [0.4, 0.5) is 24.5 Å². The number of benzene rings is 3. The highest BCUT2D eigenvalue weighted by Crippen LogP contribution is 2.37. The molecule has 0 amide bonds. The summed E-state index contributed by atoms with van der Waals surface area (Å²) in [5.74, 6) is -0.917. The fourth-order valence-corrected chi connectivity index (χ4v) is 3.54. The van der Waals surface area contributed by atoms with Gasteiger partial charge in [0, 0.05) is 23.5 Å². The minimum atomic E-state index is -0.511. The molecule has 1 heterocycles. The van der Waals surface area contributed by atoms with E-state index in [0.717, 1.165) is 48.5 Å². The molecule has 0 fully saturated rings. The van der Waals surface area contributed by atoms with Crippen molar-refractivity contribution in [2.75, 3.05) is 11.4 Å². The standard InChI is InChI=1S/C22H18F3N/c23-14-15-3-1-5-19(11-15)26-10-2-4-16-6-7-17(12-22(16)26)20-13-18(24)8-9-21(20)25/h1,3,5-9,11-13H,2,4,10,14H2. The summed E-state index contributed by atoms with van der Waals surface area (Å²) in [6.07, 6.45) is 1.92. The predicted octanol–water partition coefficient (Wildman–Crippen LogP) is 6.19. The number of halogens is 3. The van der Waals surface area contributed by atoms with Gasteiger partial charge in [0.05, 0.1) is 0 Å². The number of anilines is 2. The van der Waals surface area contributed by atoms with Gasteiger partial charge in [-0.3, -0.25) is 0 Å². The van der Waals surface area contributed by atoms with Crippen molar-refractivity contribution in [3.63, 3.8) is 0 Å². The second-order valence-corrected chi connectivity index (χ2v) is 6.53.